The Balaban J connectivity index is 1.98. The Hall–Kier alpha value is -1.45. The fourth-order valence-electron chi connectivity index (χ4n) is 3.55. The highest BCUT2D eigenvalue weighted by Gasteiger charge is 2.31. The molecule has 0 amide bonds. The number of hydrogen-bond acceptors (Lipinski definition) is 3. The van der Waals surface area contributed by atoms with Crippen LogP contribution >= 0.6 is 0 Å². The predicted octanol–water partition coefficient (Wildman–Crippen LogP) is 4.55. The SMILES string of the molecule is C/C=C(\C=NC(C)N1CCC(C(C)(C)O)CC1)c1cccc(CC)c1. The number of benzene rings is 1. The van der Waals surface area contributed by atoms with Crippen LogP contribution in [0.15, 0.2) is 35.3 Å². The topological polar surface area (TPSA) is 35.8 Å². The smallest absolute Gasteiger partial charge is 0.0990 e. The molecule has 0 aromatic heterocycles. The third kappa shape index (κ3) is 5.52. The molecule has 1 aliphatic rings. The average molecular weight is 343 g/mol. The second kappa shape index (κ2) is 8.77. The van der Waals surface area contributed by atoms with Crippen LogP contribution in [0.1, 0.15) is 58.6 Å². The number of piperidine rings is 1. The van der Waals surface area contributed by atoms with E-state index in [0.29, 0.717) is 5.92 Å². The first kappa shape index (κ1) is 19.9. The number of hydrogen-bond donors (Lipinski definition) is 1. The van der Waals surface area contributed by atoms with Crippen LogP contribution in [0.5, 0.6) is 0 Å². The molecule has 3 nitrogen and oxygen atoms in total. The molecule has 25 heavy (non-hydrogen) atoms. The zero-order valence-corrected chi connectivity index (χ0v) is 16.5. The van der Waals surface area contributed by atoms with Crippen molar-refractivity contribution in [2.45, 2.75) is 65.6 Å². The van der Waals surface area contributed by atoms with Crippen molar-refractivity contribution in [3.8, 4) is 0 Å². The summed E-state index contributed by atoms with van der Waals surface area (Å²) in [7, 11) is 0. The van der Waals surface area contributed by atoms with E-state index in [1.54, 1.807) is 0 Å². The van der Waals surface area contributed by atoms with Gasteiger partial charge in [-0.05, 0) is 69.6 Å². The van der Waals surface area contributed by atoms with E-state index in [0.717, 1.165) is 32.4 Å². The van der Waals surface area contributed by atoms with Crippen molar-refractivity contribution in [1.29, 1.82) is 0 Å². The lowest BCUT2D eigenvalue weighted by molar-refractivity contribution is -0.0171. The molecule has 0 radical (unpaired) electrons. The Bertz CT molecular complexity index is 605. The van der Waals surface area contributed by atoms with Crippen molar-refractivity contribution in [2.24, 2.45) is 10.9 Å². The van der Waals surface area contributed by atoms with Gasteiger partial charge in [0.2, 0.25) is 0 Å². The fourth-order valence-corrected chi connectivity index (χ4v) is 3.55. The van der Waals surface area contributed by atoms with Gasteiger partial charge in [0, 0.05) is 19.3 Å². The quantitative estimate of drug-likeness (QED) is 0.770. The molecule has 1 aliphatic heterocycles. The minimum absolute atomic E-state index is 0.173. The number of aryl methyl sites for hydroxylation is 1. The van der Waals surface area contributed by atoms with Crippen LogP contribution in [0.4, 0.5) is 0 Å². The summed E-state index contributed by atoms with van der Waals surface area (Å²) in [4.78, 5) is 7.22. The maximum absolute atomic E-state index is 10.2. The van der Waals surface area contributed by atoms with E-state index in [4.69, 9.17) is 4.99 Å². The van der Waals surface area contributed by atoms with Crippen molar-refractivity contribution in [3.05, 3.63) is 41.5 Å². The monoisotopic (exact) mass is 342 g/mol. The van der Waals surface area contributed by atoms with Crippen molar-refractivity contribution in [3.63, 3.8) is 0 Å². The number of aliphatic hydroxyl groups is 1. The maximum Gasteiger partial charge on any atom is 0.0990 e. The summed E-state index contributed by atoms with van der Waals surface area (Å²) < 4.78 is 0. The van der Waals surface area contributed by atoms with Gasteiger partial charge in [0.1, 0.15) is 0 Å². The number of nitrogens with zero attached hydrogens (tertiary/aromatic N) is 2. The third-order valence-electron chi connectivity index (χ3n) is 5.47. The standard InChI is InChI=1S/C22H34N2O/c1-6-18-9-8-10-20(15-18)19(7-2)16-23-17(3)24-13-11-21(12-14-24)22(4,5)25/h7-10,15-17,21,25H,6,11-14H2,1-5H3/b19-7+,23-16?. The first-order valence-corrected chi connectivity index (χ1v) is 9.60. The molecule has 1 N–H and O–H groups in total. The Labute approximate surface area is 153 Å². The van der Waals surface area contributed by atoms with E-state index in [9.17, 15) is 5.11 Å². The van der Waals surface area contributed by atoms with Gasteiger partial charge in [0.25, 0.3) is 0 Å². The van der Waals surface area contributed by atoms with Crippen LogP contribution in [0.25, 0.3) is 5.57 Å². The van der Waals surface area contributed by atoms with Crippen LogP contribution in [-0.4, -0.2) is 41.1 Å². The van der Waals surface area contributed by atoms with Gasteiger partial charge in [-0.15, -0.1) is 0 Å². The summed E-state index contributed by atoms with van der Waals surface area (Å²) in [5, 5.41) is 10.2. The molecule has 1 aromatic carbocycles. The molecular weight excluding hydrogens is 308 g/mol. The van der Waals surface area contributed by atoms with Crippen LogP contribution in [0, 0.1) is 5.92 Å². The zero-order valence-electron chi connectivity index (χ0n) is 16.5. The summed E-state index contributed by atoms with van der Waals surface area (Å²) in [6.07, 6.45) is 7.45. The molecule has 1 atom stereocenters. The Morgan fingerprint density at radius 2 is 2.04 bits per heavy atom. The predicted molar refractivity (Wildman–Crippen MR) is 108 cm³/mol. The average Bonchev–Trinajstić information content (AvgIpc) is 2.61. The molecule has 2 rings (SSSR count). The van der Waals surface area contributed by atoms with Gasteiger partial charge in [-0.3, -0.25) is 9.89 Å². The van der Waals surface area contributed by atoms with E-state index in [2.05, 4.69) is 56.0 Å². The number of allylic oxidation sites excluding steroid dienone is 2. The minimum Gasteiger partial charge on any atom is -0.390 e. The molecule has 1 unspecified atom stereocenters. The van der Waals surface area contributed by atoms with Gasteiger partial charge in [-0.2, -0.15) is 0 Å². The molecule has 1 saturated heterocycles. The largest absolute Gasteiger partial charge is 0.390 e. The molecule has 3 heteroatoms. The van der Waals surface area contributed by atoms with Gasteiger partial charge in [-0.25, -0.2) is 0 Å². The number of likely N-dealkylation sites (tertiary alicyclic amines) is 1. The van der Waals surface area contributed by atoms with E-state index in [-0.39, 0.29) is 6.17 Å². The molecular formula is C22H34N2O. The lowest BCUT2D eigenvalue weighted by atomic mass is 9.83. The Morgan fingerprint density at radius 3 is 2.60 bits per heavy atom. The number of aliphatic imine (C=N–C) groups is 1. The molecule has 1 fully saturated rings. The molecule has 0 spiro atoms. The summed E-state index contributed by atoms with van der Waals surface area (Å²) in [6, 6.07) is 8.69. The normalized spacial score (nSPS) is 19.5. The second-order valence-corrected chi connectivity index (χ2v) is 7.67. The van der Waals surface area contributed by atoms with Gasteiger partial charge in [-0.1, -0.05) is 37.3 Å². The first-order valence-electron chi connectivity index (χ1n) is 9.60. The highest BCUT2D eigenvalue weighted by atomic mass is 16.3. The van der Waals surface area contributed by atoms with E-state index in [1.165, 1.54) is 16.7 Å². The minimum atomic E-state index is -0.568. The van der Waals surface area contributed by atoms with E-state index < -0.39 is 5.60 Å². The van der Waals surface area contributed by atoms with E-state index >= 15 is 0 Å². The van der Waals surface area contributed by atoms with E-state index in [1.807, 2.05) is 20.1 Å². The summed E-state index contributed by atoms with van der Waals surface area (Å²) in [6.45, 7) is 12.3. The maximum atomic E-state index is 10.2. The van der Waals surface area contributed by atoms with Gasteiger partial charge >= 0.3 is 0 Å². The highest BCUT2D eigenvalue weighted by Crippen LogP contribution is 2.28. The molecule has 0 aliphatic carbocycles. The van der Waals surface area contributed by atoms with Crippen LogP contribution in [-0.2, 0) is 6.42 Å². The zero-order chi connectivity index (χ0) is 18.4. The fraction of sp³-hybridized carbons (Fsp3) is 0.591. The lowest BCUT2D eigenvalue weighted by Gasteiger charge is -2.39. The molecule has 1 aromatic rings. The molecule has 0 bridgehead atoms. The van der Waals surface area contributed by atoms with Gasteiger partial charge < -0.3 is 5.11 Å². The second-order valence-electron chi connectivity index (χ2n) is 7.67. The van der Waals surface area contributed by atoms with Crippen molar-refractivity contribution in [2.75, 3.05) is 13.1 Å². The van der Waals surface area contributed by atoms with Crippen LogP contribution < -0.4 is 0 Å². The molecule has 138 valence electrons. The summed E-state index contributed by atoms with van der Waals surface area (Å²) in [5.41, 5.74) is 3.19. The molecule has 1 heterocycles. The van der Waals surface area contributed by atoms with Crippen LogP contribution in [0.2, 0.25) is 0 Å². The Morgan fingerprint density at radius 1 is 1.36 bits per heavy atom. The highest BCUT2D eigenvalue weighted by molar-refractivity contribution is 6.09. The Kier molecular flexibility index (Phi) is 6.97. The van der Waals surface area contributed by atoms with Crippen molar-refractivity contribution >= 4 is 11.8 Å². The van der Waals surface area contributed by atoms with Gasteiger partial charge in [0.05, 0.1) is 11.8 Å². The van der Waals surface area contributed by atoms with Crippen molar-refractivity contribution in [1.82, 2.24) is 4.90 Å². The number of rotatable bonds is 6. The molecule has 0 saturated carbocycles. The van der Waals surface area contributed by atoms with Crippen LogP contribution in [0.3, 0.4) is 0 Å². The first-order chi connectivity index (χ1) is 11.8. The van der Waals surface area contributed by atoms with Crippen molar-refractivity contribution < 1.29 is 5.11 Å². The van der Waals surface area contributed by atoms with Gasteiger partial charge in [0.15, 0.2) is 0 Å². The lowest BCUT2D eigenvalue weighted by Crippen LogP contribution is -2.44. The summed E-state index contributed by atoms with van der Waals surface area (Å²) >= 11 is 0. The summed E-state index contributed by atoms with van der Waals surface area (Å²) in [5.74, 6) is 0.391. The third-order valence-corrected chi connectivity index (χ3v) is 5.47.